The van der Waals surface area contributed by atoms with Crippen LogP contribution in [0, 0.1) is 0 Å². The number of ether oxygens (including phenoxy) is 2. The van der Waals surface area contributed by atoms with Gasteiger partial charge >= 0.3 is 6.16 Å². The maximum absolute atomic E-state index is 10.7. The molecule has 0 saturated heterocycles. The quantitative estimate of drug-likeness (QED) is 0.517. The van der Waals surface area contributed by atoms with E-state index in [-0.39, 0.29) is 0 Å². The molecule has 3 nitrogen and oxygen atoms in total. The van der Waals surface area contributed by atoms with Gasteiger partial charge in [-0.3, -0.25) is 0 Å². The topological polar surface area (TPSA) is 35.5 Å². The summed E-state index contributed by atoms with van der Waals surface area (Å²) in [6.07, 6.45) is 0.228. The Balaban J connectivity index is 2.71. The maximum Gasteiger partial charge on any atom is 0.513 e. The summed E-state index contributed by atoms with van der Waals surface area (Å²) in [5.74, 6) is 0.520. The van der Waals surface area contributed by atoms with E-state index in [1.807, 2.05) is 25.1 Å². The largest absolute Gasteiger partial charge is 0.513 e. The van der Waals surface area contributed by atoms with Crippen molar-refractivity contribution in [3.05, 3.63) is 29.8 Å². The van der Waals surface area contributed by atoms with Gasteiger partial charge < -0.3 is 9.47 Å². The van der Waals surface area contributed by atoms with Crippen LogP contribution in [0.25, 0.3) is 0 Å². The standard InChI is InChI=1S/C10H12O3/c1-3-8-5-4-6-9(7-8)13-10(11)12-2/h4-7H,3H2,1-2H3. The Morgan fingerprint density at radius 2 is 2.23 bits per heavy atom. The lowest BCUT2D eigenvalue weighted by atomic mass is 10.2. The van der Waals surface area contributed by atoms with Crippen LogP contribution < -0.4 is 4.74 Å². The number of methoxy groups -OCH3 is 1. The van der Waals surface area contributed by atoms with E-state index in [1.54, 1.807) is 6.07 Å². The van der Waals surface area contributed by atoms with Crippen LogP contribution in [0.5, 0.6) is 5.75 Å². The van der Waals surface area contributed by atoms with Crippen molar-refractivity contribution in [1.82, 2.24) is 0 Å². The van der Waals surface area contributed by atoms with Crippen LogP contribution in [0.3, 0.4) is 0 Å². The SMILES string of the molecule is CCc1cccc(OC(=O)OC)c1. The fourth-order valence-corrected chi connectivity index (χ4v) is 0.967. The minimum atomic E-state index is -0.687. The van der Waals surface area contributed by atoms with Gasteiger partial charge in [0.1, 0.15) is 5.75 Å². The average Bonchev–Trinajstić information content (AvgIpc) is 2.18. The molecule has 1 rings (SSSR count). The lowest BCUT2D eigenvalue weighted by Gasteiger charge is -2.03. The first-order chi connectivity index (χ1) is 6.26. The van der Waals surface area contributed by atoms with Crippen LogP contribution in [0.4, 0.5) is 4.79 Å². The number of carbonyl (C=O) groups excluding carboxylic acids is 1. The Bertz CT molecular complexity index is 294. The first-order valence-corrected chi connectivity index (χ1v) is 4.11. The number of rotatable bonds is 2. The van der Waals surface area contributed by atoms with Crippen LogP contribution in [-0.4, -0.2) is 13.3 Å². The number of benzene rings is 1. The molecule has 0 aliphatic heterocycles. The summed E-state index contributed by atoms with van der Waals surface area (Å²) in [6.45, 7) is 2.04. The van der Waals surface area contributed by atoms with Crippen LogP contribution in [0.15, 0.2) is 24.3 Å². The van der Waals surface area contributed by atoms with Crippen LogP contribution in [0.2, 0.25) is 0 Å². The van der Waals surface area contributed by atoms with Crippen LogP contribution in [-0.2, 0) is 11.2 Å². The highest BCUT2D eigenvalue weighted by atomic mass is 16.7. The molecular weight excluding hydrogens is 168 g/mol. The summed E-state index contributed by atoms with van der Waals surface area (Å²) in [5.41, 5.74) is 1.13. The zero-order valence-electron chi connectivity index (χ0n) is 7.74. The van der Waals surface area contributed by atoms with Gasteiger partial charge in [-0.15, -0.1) is 0 Å². The molecule has 0 atom stereocenters. The lowest BCUT2D eigenvalue weighted by Crippen LogP contribution is -2.07. The van der Waals surface area contributed by atoms with Crippen LogP contribution >= 0.6 is 0 Å². The molecule has 0 saturated carbocycles. The average molecular weight is 180 g/mol. The van der Waals surface area contributed by atoms with Gasteiger partial charge in [-0.1, -0.05) is 19.1 Å². The van der Waals surface area contributed by atoms with E-state index in [1.165, 1.54) is 7.11 Å². The normalized spacial score (nSPS) is 9.38. The van der Waals surface area contributed by atoms with Gasteiger partial charge in [0.2, 0.25) is 0 Å². The predicted molar refractivity (Wildman–Crippen MR) is 48.9 cm³/mol. The first-order valence-electron chi connectivity index (χ1n) is 4.11. The Morgan fingerprint density at radius 1 is 1.46 bits per heavy atom. The van der Waals surface area contributed by atoms with Crippen molar-refractivity contribution in [2.24, 2.45) is 0 Å². The van der Waals surface area contributed by atoms with Gasteiger partial charge in [-0.2, -0.15) is 0 Å². The van der Waals surface area contributed by atoms with E-state index in [0.29, 0.717) is 5.75 Å². The molecule has 0 spiro atoms. The van der Waals surface area contributed by atoms with Crippen LogP contribution in [0.1, 0.15) is 12.5 Å². The van der Waals surface area contributed by atoms with Gasteiger partial charge in [0, 0.05) is 0 Å². The van der Waals surface area contributed by atoms with Crippen molar-refractivity contribution in [3.63, 3.8) is 0 Å². The zero-order chi connectivity index (χ0) is 9.68. The number of aryl methyl sites for hydroxylation is 1. The number of hydrogen-bond acceptors (Lipinski definition) is 3. The van der Waals surface area contributed by atoms with Crippen molar-refractivity contribution in [2.45, 2.75) is 13.3 Å². The van der Waals surface area contributed by atoms with Gasteiger partial charge in [-0.05, 0) is 24.1 Å². The number of carbonyl (C=O) groups is 1. The van der Waals surface area contributed by atoms with Crippen molar-refractivity contribution >= 4 is 6.16 Å². The molecule has 1 aromatic rings. The Hall–Kier alpha value is -1.51. The van der Waals surface area contributed by atoms with Crippen molar-refractivity contribution < 1.29 is 14.3 Å². The molecule has 0 unspecified atom stereocenters. The van der Waals surface area contributed by atoms with Gasteiger partial charge in [0.15, 0.2) is 0 Å². The van der Waals surface area contributed by atoms with E-state index in [9.17, 15) is 4.79 Å². The molecule has 13 heavy (non-hydrogen) atoms. The smallest absolute Gasteiger partial charge is 0.437 e. The minimum absolute atomic E-state index is 0.520. The van der Waals surface area contributed by atoms with E-state index in [2.05, 4.69) is 4.74 Å². The molecule has 1 aromatic carbocycles. The molecule has 0 aromatic heterocycles. The molecular formula is C10H12O3. The summed E-state index contributed by atoms with van der Waals surface area (Å²) < 4.78 is 9.21. The Kier molecular flexibility index (Phi) is 3.31. The molecule has 3 heteroatoms. The predicted octanol–water partition coefficient (Wildman–Crippen LogP) is 2.39. The minimum Gasteiger partial charge on any atom is -0.437 e. The highest BCUT2D eigenvalue weighted by molar-refractivity contribution is 5.63. The molecule has 0 heterocycles. The zero-order valence-corrected chi connectivity index (χ0v) is 7.74. The van der Waals surface area contributed by atoms with Crippen molar-refractivity contribution in [3.8, 4) is 5.75 Å². The van der Waals surface area contributed by atoms with E-state index < -0.39 is 6.16 Å². The third-order valence-corrected chi connectivity index (χ3v) is 1.67. The fourth-order valence-electron chi connectivity index (χ4n) is 0.967. The molecule has 0 aliphatic carbocycles. The highest BCUT2D eigenvalue weighted by Gasteiger charge is 2.02. The molecule has 0 N–H and O–H groups in total. The Labute approximate surface area is 77.3 Å². The first kappa shape index (κ1) is 9.58. The monoisotopic (exact) mass is 180 g/mol. The summed E-state index contributed by atoms with van der Waals surface area (Å²) in [7, 11) is 1.28. The highest BCUT2D eigenvalue weighted by Crippen LogP contribution is 2.13. The van der Waals surface area contributed by atoms with E-state index >= 15 is 0 Å². The lowest BCUT2D eigenvalue weighted by molar-refractivity contribution is 0.121. The molecule has 0 amide bonds. The van der Waals surface area contributed by atoms with Gasteiger partial charge in [0.25, 0.3) is 0 Å². The van der Waals surface area contributed by atoms with Gasteiger partial charge in [0.05, 0.1) is 7.11 Å². The second kappa shape index (κ2) is 4.50. The van der Waals surface area contributed by atoms with Gasteiger partial charge in [-0.25, -0.2) is 4.79 Å². The third-order valence-electron chi connectivity index (χ3n) is 1.67. The second-order valence-electron chi connectivity index (χ2n) is 2.56. The second-order valence-corrected chi connectivity index (χ2v) is 2.56. The molecule has 0 fully saturated rings. The summed E-state index contributed by atoms with van der Waals surface area (Å²) in [4.78, 5) is 10.7. The summed E-state index contributed by atoms with van der Waals surface area (Å²) >= 11 is 0. The number of hydrogen-bond donors (Lipinski definition) is 0. The van der Waals surface area contributed by atoms with Crippen molar-refractivity contribution in [1.29, 1.82) is 0 Å². The maximum atomic E-state index is 10.7. The molecule has 0 aliphatic rings. The third kappa shape index (κ3) is 2.78. The molecule has 0 radical (unpaired) electrons. The Morgan fingerprint density at radius 3 is 2.85 bits per heavy atom. The van der Waals surface area contributed by atoms with Crippen molar-refractivity contribution in [2.75, 3.05) is 7.11 Å². The van der Waals surface area contributed by atoms with E-state index in [0.717, 1.165) is 12.0 Å². The summed E-state index contributed by atoms with van der Waals surface area (Å²) in [6, 6.07) is 7.36. The summed E-state index contributed by atoms with van der Waals surface area (Å²) in [5, 5.41) is 0. The van der Waals surface area contributed by atoms with E-state index in [4.69, 9.17) is 4.74 Å². The fraction of sp³-hybridized carbons (Fsp3) is 0.300. The molecule has 70 valence electrons. The molecule has 0 bridgehead atoms.